The quantitative estimate of drug-likeness (QED) is 0.880. The van der Waals surface area contributed by atoms with E-state index < -0.39 is 17.6 Å². The molecule has 0 aliphatic carbocycles. The van der Waals surface area contributed by atoms with Gasteiger partial charge in [-0.3, -0.25) is 0 Å². The first kappa shape index (κ1) is 12.1. The van der Waals surface area contributed by atoms with Crippen molar-refractivity contribution < 1.29 is 23.1 Å². The summed E-state index contributed by atoms with van der Waals surface area (Å²) in [6.07, 6.45) is 0. The summed E-state index contributed by atoms with van der Waals surface area (Å²) in [6, 6.07) is 4.89. The predicted octanol–water partition coefficient (Wildman–Crippen LogP) is 3.31. The standard InChI is InChI=1S/C12H9F2NO3/c1-6-2-3-7(13)11(10(6)14)15-9-5-4-8(18-9)12(16)17/h2-5,15H,1H3,(H,16,17). The molecule has 2 rings (SSSR count). The highest BCUT2D eigenvalue weighted by Crippen LogP contribution is 2.26. The van der Waals surface area contributed by atoms with Crippen molar-refractivity contribution in [1.29, 1.82) is 0 Å². The van der Waals surface area contributed by atoms with Crippen molar-refractivity contribution in [3.05, 3.63) is 47.2 Å². The maximum absolute atomic E-state index is 13.7. The second-order valence-electron chi connectivity index (χ2n) is 3.65. The largest absolute Gasteiger partial charge is 0.475 e. The number of halogens is 2. The number of anilines is 2. The summed E-state index contributed by atoms with van der Waals surface area (Å²) >= 11 is 0. The van der Waals surface area contributed by atoms with Gasteiger partial charge < -0.3 is 14.8 Å². The van der Waals surface area contributed by atoms with Crippen LogP contribution in [-0.2, 0) is 0 Å². The summed E-state index contributed by atoms with van der Waals surface area (Å²) in [5.74, 6) is -3.15. The molecule has 0 atom stereocenters. The summed E-state index contributed by atoms with van der Waals surface area (Å²) in [6.45, 7) is 1.49. The Morgan fingerprint density at radius 3 is 2.61 bits per heavy atom. The minimum atomic E-state index is -1.26. The van der Waals surface area contributed by atoms with Crippen LogP contribution in [0.4, 0.5) is 20.4 Å². The number of benzene rings is 1. The SMILES string of the molecule is Cc1ccc(F)c(Nc2ccc(C(=O)O)o2)c1F. The molecule has 0 bridgehead atoms. The average molecular weight is 253 g/mol. The Morgan fingerprint density at radius 2 is 2.00 bits per heavy atom. The van der Waals surface area contributed by atoms with Crippen LogP contribution in [0, 0.1) is 18.6 Å². The summed E-state index contributed by atoms with van der Waals surface area (Å²) in [5.41, 5.74) is -0.106. The van der Waals surface area contributed by atoms with Gasteiger partial charge in [-0.2, -0.15) is 0 Å². The molecular formula is C12H9F2NO3. The lowest BCUT2D eigenvalue weighted by molar-refractivity contribution is 0.0663. The molecule has 94 valence electrons. The number of rotatable bonds is 3. The second kappa shape index (κ2) is 4.48. The van der Waals surface area contributed by atoms with Crippen LogP contribution in [0.25, 0.3) is 0 Å². The molecule has 0 radical (unpaired) electrons. The van der Waals surface area contributed by atoms with Gasteiger partial charge in [-0.1, -0.05) is 6.07 Å². The van der Waals surface area contributed by atoms with Gasteiger partial charge in [0, 0.05) is 6.07 Å². The van der Waals surface area contributed by atoms with Gasteiger partial charge in [0.15, 0.2) is 11.7 Å². The first-order valence-electron chi connectivity index (χ1n) is 5.04. The average Bonchev–Trinajstić information content (AvgIpc) is 2.78. The molecule has 0 amide bonds. The van der Waals surface area contributed by atoms with Crippen molar-refractivity contribution in [3.8, 4) is 0 Å². The Kier molecular flexibility index (Phi) is 3.01. The lowest BCUT2D eigenvalue weighted by atomic mass is 10.2. The fraction of sp³-hybridized carbons (Fsp3) is 0.0833. The molecular weight excluding hydrogens is 244 g/mol. The number of aryl methyl sites for hydroxylation is 1. The number of furan rings is 1. The summed E-state index contributed by atoms with van der Waals surface area (Å²) < 4.78 is 31.9. The molecule has 1 heterocycles. The normalized spacial score (nSPS) is 10.4. The van der Waals surface area contributed by atoms with Crippen molar-refractivity contribution in [2.75, 3.05) is 5.32 Å². The minimum Gasteiger partial charge on any atom is -0.475 e. The minimum absolute atomic E-state index is 0.0456. The van der Waals surface area contributed by atoms with E-state index in [1.165, 1.54) is 25.1 Å². The van der Waals surface area contributed by atoms with E-state index in [1.54, 1.807) is 0 Å². The predicted molar refractivity (Wildman–Crippen MR) is 60.0 cm³/mol. The topological polar surface area (TPSA) is 62.5 Å². The number of aromatic carboxylic acids is 1. The number of hydrogen-bond acceptors (Lipinski definition) is 3. The van der Waals surface area contributed by atoms with Crippen LogP contribution >= 0.6 is 0 Å². The molecule has 0 aliphatic rings. The molecule has 4 nitrogen and oxygen atoms in total. The maximum Gasteiger partial charge on any atom is 0.371 e. The molecule has 6 heteroatoms. The molecule has 1 aromatic carbocycles. The highest BCUT2D eigenvalue weighted by Gasteiger charge is 2.14. The first-order chi connectivity index (χ1) is 8.49. The van der Waals surface area contributed by atoms with Crippen LogP contribution in [0.1, 0.15) is 16.1 Å². The second-order valence-corrected chi connectivity index (χ2v) is 3.65. The van der Waals surface area contributed by atoms with Gasteiger partial charge in [-0.25, -0.2) is 13.6 Å². The fourth-order valence-corrected chi connectivity index (χ4v) is 1.41. The van der Waals surface area contributed by atoms with E-state index in [9.17, 15) is 13.6 Å². The monoisotopic (exact) mass is 253 g/mol. The fourth-order valence-electron chi connectivity index (χ4n) is 1.41. The number of carboxylic acids is 1. The van der Waals surface area contributed by atoms with Crippen LogP contribution in [0.5, 0.6) is 0 Å². The molecule has 0 saturated carbocycles. The third-order valence-corrected chi connectivity index (χ3v) is 2.35. The smallest absolute Gasteiger partial charge is 0.371 e. The summed E-state index contributed by atoms with van der Waals surface area (Å²) in [5, 5.41) is 11.0. The number of carbonyl (C=O) groups is 1. The van der Waals surface area contributed by atoms with Gasteiger partial charge in [-0.05, 0) is 24.6 Å². The lowest BCUT2D eigenvalue weighted by Gasteiger charge is -2.07. The molecule has 0 fully saturated rings. The molecule has 0 saturated heterocycles. The highest BCUT2D eigenvalue weighted by atomic mass is 19.1. The van der Waals surface area contributed by atoms with Crippen molar-refractivity contribution in [2.24, 2.45) is 0 Å². The van der Waals surface area contributed by atoms with E-state index in [0.29, 0.717) is 0 Å². The van der Waals surface area contributed by atoms with Gasteiger partial charge in [0.2, 0.25) is 5.76 Å². The zero-order valence-corrected chi connectivity index (χ0v) is 9.33. The first-order valence-corrected chi connectivity index (χ1v) is 5.04. The zero-order chi connectivity index (χ0) is 13.3. The molecule has 0 unspecified atom stereocenters. The zero-order valence-electron chi connectivity index (χ0n) is 9.33. The van der Waals surface area contributed by atoms with Crippen molar-refractivity contribution in [3.63, 3.8) is 0 Å². The van der Waals surface area contributed by atoms with Crippen molar-refractivity contribution in [2.45, 2.75) is 6.92 Å². The number of nitrogens with one attached hydrogen (secondary N) is 1. The van der Waals surface area contributed by atoms with Crippen LogP contribution in [0.15, 0.2) is 28.7 Å². The lowest BCUT2D eigenvalue weighted by Crippen LogP contribution is -1.98. The molecule has 0 aliphatic heterocycles. The van der Waals surface area contributed by atoms with E-state index in [-0.39, 0.29) is 22.9 Å². The van der Waals surface area contributed by atoms with Gasteiger partial charge in [0.1, 0.15) is 11.5 Å². The summed E-state index contributed by atoms with van der Waals surface area (Å²) in [4.78, 5) is 10.6. The highest BCUT2D eigenvalue weighted by molar-refractivity contribution is 5.85. The molecule has 18 heavy (non-hydrogen) atoms. The molecule has 0 spiro atoms. The Balaban J connectivity index is 2.33. The number of hydrogen-bond donors (Lipinski definition) is 2. The van der Waals surface area contributed by atoms with Gasteiger partial charge >= 0.3 is 5.97 Å². The summed E-state index contributed by atoms with van der Waals surface area (Å²) in [7, 11) is 0. The van der Waals surface area contributed by atoms with Crippen LogP contribution in [0.3, 0.4) is 0 Å². The van der Waals surface area contributed by atoms with Crippen molar-refractivity contribution >= 4 is 17.5 Å². The van der Waals surface area contributed by atoms with E-state index >= 15 is 0 Å². The van der Waals surface area contributed by atoms with Gasteiger partial charge in [0.25, 0.3) is 0 Å². The van der Waals surface area contributed by atoms with Gasteiger partial charge in [0.05, 0.1) is 0 Å². The van der Waals surface area contributed by atoms with Crippen molar-refractivity contribution in [1.82, 2.24) is 0 Å². The maximum atomic E-state index is 13.7. The molecule has 2 aromatic rings. The Bertz CT molecular complexity index is 607. The van der Waals surface area contributed by atoms with Gasteiger partial charge in [-0.15, -0.1) is 0 Å². The third kappa shape index (κ3) is 2.17. The third-order valence-electron chi connectivity index (χ3n) is 2.35. The van der Waals surface area contributed by atoms with E-state index in [1.807, 2.05) is 0 Å². The molecule has 1 aromatic heterocycles. The Hall–Kier alpha value is -2.37. The molecule has 2 N–H and O–H groups in total. The number of carboxylic acid groups (broad SMARTS) is 1. The van der Waals surface area contributed by atoms with E-state index in [2.05, 4.69) is 5.32 Å². The Labute approximate surface area is 101 Å². The van der Waals surface area contributed by atoms with Crippen LogP contribution in [0.2, 0.25) is 0 Å². The van der Waals surface area contributed by atoms with Crippen LogP contribution < -0.4 is 5.32 Å². The van der Waals surface area contributed by atoms with E-state index in [4.69, 9.17) is 9.52 Å². The van der Waals surface area contributed by atoms with Crippen LogP contribution in [-0.4, -0.2) is 11.1 Å². The van der Waals surface area contributed by atoms with E-state index in [0.717, 1.165) is 6.07 Å². The Morgan fingerprint density at radius 1 is 1.28 bits per heavy atom.